The van der Waals surface area contributed by atoms with Crippen LogP contribution in [-0.4, -0.2) is 61.7 Å². The number of furan rings is 1. The molecule has 10 heteroatoms. The highest BCUT2D eigenvalue weighted by molar-refractivity contribution is 6.39. The number of ether oxygens (including phenoxy) is 1. The molecule has 3 heterocycles. The van der Waals surface area contributed by atoms with E-state index in [-0.39, 0.29) is 18.4 Å². The monoisotopic (exact) mass is 439 g/mol. The summed E-state index contributed by atoms with van der Waals surface area (Å²) in [6, 6.07) is 13.0. The van der Waals surface area contributed by atoms with Crippen molar-refractivity contribution in [3.63, 3.8) is 0 Å². The van der Waals surface area contributed by atoms with Gasteiger partial charge in [-0.2, -0.15) is 0 Å². The minimum absolute atomic E-state index is 0.183. The van der Waals surface area contributed by atoms with Crippen LogP contribution < -0.4 is 20.3 Å². The molecule has 1 atom stereocenters. The number of amides is 2. The van der Waals surface area contributed by atoms with Crippen molar-refractivity contribution in [1.82, 2.24) is 15.4 Å². The second-order valence-electron chi connectivity index (χ2n) is 7.30. The molecule has 2 aromatic heterocycles. The van der Waals surface area contributed by atoms with Crippen molar-refractivity contribution >= 4 is 23.3 Å². The summed E-state index contributed by atoms with van der Waals surface area (Å²) in [5.41, 5.74) is 1.14. The zero-order chi connectivity index (χ0) is 22.3. The fourth-order valence-corrected chi connectivity index (χ4v) is 3.70. The summed E-state index contributed by atoms with van der Waals surface area (Å²) in [5, 5.41) is 8.65. The zero-order valence-electron chi connectivity index (χ0n) is 17.7. The Morgan fingerprint density at radius 2 is 1.84 bits per heavy atom. The molecule has 2 amide bonds. The van der Waals surface area contributed by atoms with Crippen LogP contribution in [0.25, 0.3) is 0 Å². The van der Waals surface area contributed by atoms with Crippen molar-refractivity contribution in [2.45, 2.75) is 6.04 Å². The van der Waals surface area contributed by atoms with Crippen molar-refractivity contribution in [2.75, 3.05) is 50.1 Å². The molecule has 10 nitrogen and oxygen atoms in total. The molecule has 3 aromatic rings. The third kappa shape index (κ3) is 5.09. The normalized spacial score (nSPS) is 15.2. The summed E-state index contributed by atoms with van der Waals surface area (Å²) in [7, 11) is 1.65. The predicted octanol–water partition coefficient (Wildman–Crippen LogP) is 1.89. The lowest BCUT2D eigenvalue weighted by atomic mass is 10.1. The smallest absolute Gasteiger partial charge is 0.314 e. The summed E-state index contributed by atoms with van der Waals surface area (Å²) in [4.78, 5) is 28.9. The van der Waals surface area contributed by atoms with Crippen molar-refractivity contribution in [2.24, 2.45) is 0 Å². The molecule has 1 aliphatic heterocycles. The van der Waals surface area contributed by atoms with E-state index in [0.29, 0.717) is 0 Å². The maximum atomic E-state index is 12.3. The van der Waals surface area contributed by atoms with Gasteiger partial charge < -0.3 is 23.9 Å². The Morgan fingerprint density at radius 1 is 1.06 bits per heavy atom. The highest BCUT2D eigenvalue weighted by atomic mass is 16.5. The van der Waals surface area contributed by atoms with Crippen LogP contribution in [0.15, 0.2) is 63.9 Å². The van der Waals surface area contributed by atoms with Gasteiger partial charge in [-0.1, -0.05) is 5.16 Å². The molecule has 1 aromatic carbocycles. The molecule has 0 spiro atoms. The molecule has 1 fully saturated rings. The Balaban J connectivity index is 1.35. The molecule has 0 aliphatic carbocycles. The number of nitrogens with zero attached hydrogens (tertiary/aromatic N) is 3. The van der Waals surface area contributed by atoms with Crippen molar-refractivity contribution in [1.29, 1.82) is 0 Å². The lowest BCUT2D eigenvalue weighted by Gasteiger charge is -2.39. The van der Waals surface area contributed by atoms with Gasteiger partial charge in [-0.15, -0.1) is 0 Å². The highest BCUT2D eigenvalue weighted by Crippen LogP contribution is 2.25. The number of methoxy groups -OCH3 is 1. The first kappa shape index (κ1) is 21.4. The maximum Gasteiger partial charge on any atom is 0.314 e. The number of piperazine rings is 1. The number of hydrogen-bond acceptors (Lipinski definition) is 8. The molecule has 4 rings (SSSR count). The molecule has 1 aliphatic rings. The predicted molar refractivity (Wildman–Crippen MR) is 116 cm³/mol. The van der Waals surface area contributed by atoms with Gasteiger partial charge in [-0.05, 0) is 36.4 Å². The van der Waals surface area contributed by atoms with Crippen LogP contribution >= 0.6 is 0 Å². The van der Waals surface area contributed by atoms with Gasteiger partial charge >= 0.3 is 11.8 Å². The molecule has 0 unspecified atom stereocenters. The van der Waals surface area contributed by atoms with E-state index < -0.39 is 11.8 Å². The number of anilines is 2. The average molecular weight is 439 g/mol. The average Bonchev–Trinajstić information content (AvgIpc) is 3.54. The van der Waals surface area contributed by atoms with Gasteiger partial charge in [0, 0.05) is 44.5 Å². The third-order valence-electron chi connectivity index (χ3n) is 5.41. The zero-order valence-corrected chi connectivity index (χ0v) is 17.7. The number of carbonyl (C=O) groups is 2. The number of hydrogen-bond donors (Lipinski definition) is 2. The molecule has 0 radical (unpaired) electrons. The minimum atomic E-state index is -0.804. The first-order chi connectivity index (χ1) is 15.6. The summed E-state index contributed by atoms with van der Waals surface area (Å²) >= 11 is 0. The van der Waals surface area contributed by atoms with E-state index in [1.165, 1.54) is 12.3 Å². The van der Waals surface area contributed by atoms with Gasteiger partial charge in [0.25, 0.3) is 0 Å². The highest BCUT2D eigenvalue weighted by Gasteiger charge is 2.28. The van der Waals surface area contributed by atoms with E-state index >= 15 is 0 Å². The van der Waals surface area contributed by atoms with Crippen LogP contribution in [0, 0.1) is 0 Å². The molecular weight excluding hydrogens is 414 g/mol. The third-order valence-corrected chi connectivity index (χ3v) is 5.41. The van der Waals surface area contributed by atoms with Gasteiger partial charge in [0.05, 0.1) is 19.4 Å². The second-order valence-corrected chi connectivity index (χ2v) is 7.30. The van der Waals surface area contributed by atoms with Gasteiger partial charge in [0.2, 0.25) is 0 Å². The minimum Gasteiger partial charge on any atom is -0.497 e. The van der Waals surface area contributed by atoms with Crippen molar-refractivity contribution in [3.05, 3.63) is 60.8 Å². The van der Waals surface area contributed by atoms with E-state index in [0.717, 1.165) is 43.4 Å². The second kappa shape index (κ2) is 10.0. The van der Waals surface area contributed by atoms with E-state index in [2.05, 4.69) is 30.1 Å². The maximum absolute atomic E-state index is 12.3. The Morgan fingerprint density at radius 3 is 2.47 bits per heavy atom. The first-order valence-corrected chi connectivity index (χ1v) is 10.3. The van der Waals surface area contributed by atoms with Crippen LogP contribution in [0.5, 0.6) is 5.75 Å². The first-order valence-electron chi connectivity index (χ1n) is 10.3. The van der Waals surface area contributed by atoms with E-state index in [9.17, 15) is 9.59 Å². The van der Waals surface area contributed by atoms with Gasteiger partial charge in [0.1, 0.15) is 17.8 Å². The number of benzene rings is 1. The molecule has 2 N–H and O–H groups in total. The van der Waals surface area contributed by atoms with Crippen molar-refractivity contribution in [3.8, 4) is 5.75 Å². The Bertz CT molecular complexity index is 996. The van der Waals surface area contributed by atoms with Crippen molar-refractivity contribution < 1.29 is 23.3 Å². The SMILES string of the molecule is COc1ccc(N2CCN([C@@H](CNC(=O)C(=O)Nc3ccon3)c3ccco3)CC2)cc1. The summed E-state index contributed by atoms with van der Waals surface area (Å²) in [6.45, 7) is 3.44. The topological polar surface area (TPSA) is 113 Å². The lowest BCUT2D eigenvalue weighted by Crippen LogP contribution is -2.50. The molecule has 32 heavy (non-hydrogen) atoms. The summed E-state index contributed by atoms with van der Waals surface area (Å²) in [5.74, 6) is 0.193. The quantitative estimate of drug-likeness (QED) is 0.537. The molecule has 1 saturated heterocycles. The van der Waals surface area contributed by atoms with Crippen LogP contribution in [0.1, 0.15) is 11.8 Å². The van der Waals surface area contributed by atoms with Crippen LogP contribution in [0.4, 0.5) is 11.5 Å². The van der Waals surface area contributed by atoms with Gasteiger partial charge in [-0.3, -0.25) is 19.8 Å². The van der Waals surface area contributed by atoms with E-state index in [1.807, 2.05) is 36.4 Å². The lowest BCUT2D eigenvalue weighted by molar-refractivity contribution is -0.136. The van der Waals surface area contributed by atoms with Gasteiger partial charge in [0.15, 0.2) is 5.82 Å². The number of nitrogens with one attached hydrogen (secondary N) is 2. The fourth-order valence-electron chi connectivity index (χ4n) is 3.70. The Kier molecular flexibility index (Phi) is 6.71. The molecule has 0 bridgehead atoms. The number of carbonyl (C=O) groups excluding carboxylic acids is 2. The van der Waals surface area contributed by atoms with Crippen LogP contribution in [-0.2, 0) is 9.59 Å². The van der Waals surface area contributed by atoms with Crippen LogP contribution in [0.3, 0.4) is 0 Å². The molecule has 168 valence electrons. The number of rotatable bonds is 7. The number of aromatic nitrogens is 1. The van der Waals surface area contributed by atoms with Gasteiger partial charge in [-0.25, -0.2) is 0 Å². The standard InChI is InChI=1S/C22H25N5O5/c1-30-17-6-4-16(5-7-17)26-9-11-27(12-10-26)18(19-3-2-13-31-19)15-23-21(28)22(29)24-20-8-14-32-25-20/h2-8,13-14,18H,9-12,15H2,1H3,(H,23,28)(H,24,25,29)/t18-/m0/s1. The summed E-state index contributed by atoms with van der Waals surface area (Å²) in [6.07, 6.45) is 2.92. The Labute approximate surface area is 185 Å². The van der Waals surface area contributed by atoms with Crippen LogP contribution in [0.2, 0.25) is 0 Å². The molecular formula is C22H25N5O5. The molecule has 0 saturated carbocycles. The van der Waals surface area contributed by atoms with E-state index in [1.54, 1.807) is 13.4 Å². The fraction of sp³-hybridized carbons (Fsp3) is 0.318. The summed E-state index contributed by atoms with van der Waals surface area (Å²) < 4.78 is 15.5. The Hall–Kier alpha value is -3.79. The van der Waals surface area contributed by atoms with E-state index in [4.69, 9.17) is 9.15 Å². The largest absolute Gasteiger partial charge is 0.497 e.